The van der Waals surface area contributed by atoms with Gasteiger partial charge in [-0.2, -0.15) is 0 Å². The van der Waals surface area contributed by atoms with Gasteiger partial charge in [-0.1, -0.05) is 6.07 Å². The van der Waals surface area contributed by atoms with E-state index in [-0.39, 0.29) is 29.6 Å². The minimum Gasteiger partial charge on any atom is -0.369 e. The zero-order valence-corrected chi connectivity index (χ0v) is 24.0. The summed E-state index contributed by atoms with van der Waals surface area (Å²) in [6, 6.07) is 19.4. The van der Waals surface area contributed by atoms with Crippen LogP contribution in [0.15, 0.2) is 79.1 Å². The second kappa shape index (κ2) is 10.8. The Hall–Kier alpha value is -4.79. The molecule has 9 heteroatoms. The Morgan fingerprint density at radius 1 is 0.977 bits per heavy atom. The van der Waals surface area contributed by atoms with Crippen molar-refractivity contribution in [1.29, 1.82) is 5.41 Å². The maximum atomic E-state index is 14.1. The Bertz CT molecular complexity index is 1790. The highest BCUT2D eigenvalue weighted by molar-refractivity contribution is 6.10. The van der Waals surface area contributed by atoms with Crippen molar-refractivity contribution in [2.24, 2.45) is 5.92 Å². The Kier molecular flexibility index (Phi) is 6.80. The highest BCUT2D eigenvalue weighted by Crippen LogP contribution is 2.40. The minimum atomic E-state index is -0.309. The number of carbonyl (C=O) groups excluding carboxylic acids is 2. The van der Waals surface area contributed by atoms with Crippen LogP contribution in [0.2, 0.25) is 0 Å². The standard InChI is InChI=1S/C34H33FN6O2/c1-21-7-8-23-15-27(35)10-12-30(23)41(21)34(43)24-9-11-31(28(16-24)38-33(42)25-4-3-13-37-17-25)39-18-22-14-26(20-39)29-5-2-6-32(36)40(29)19-22/h2-6,9-13,15-17,21-22,26,36H,7-8,14,18-20H2,1H3,(H,38,42). The molecular weight excluding hydrogens is 543 g/mol. The van der Waals surface area contributed by atoms with Gasteiger partial charge >= 0.3 is 0 Å². The van der Waals surface area contributed by atoms with Crippen LogP contribution >= 0.6 is 0 Å². The fourth-order valence-corrected chi connectivity index (χ4v) is 7.03. The number of amides is 2. The molecule has 43 heavy (non-hydrogen) atoms. The lowest BCUT2D eigenvalue weighted by atomic mass is 9.83. The van der Waals surface area contributed by atoms with Gasteiger partial charge in [0.05, 0.1) is 16.9 Å². The lowest BCUT2D eigenvalue weighted by Crippen LogP contribution is -2.47. The van der Waals surface area contributed by atoms with Gasteiger partial charge in [0.2, 0.25) is 0 Å². The van der Waals surface area contributed by atoms with Crippen molar-refractivity contribution in [3.8, 4) is 0 Å². The summed E-state index contributed by atoms with van der Waals surface area (Å²) in [5.74, 6) is -0.184. The monoisotopic (exact) mass is 576 g/mol. The van der Waals surface area contributed by atoms with Crippen LogP contribution in [0.3, 0.4) is 0 Å². The number of nitrogens with one attached hydrogen (secondary N) is 2. The molecule has 2 bridgehead atoms. The number of nitrogens with zero attached hydrogens (tertiary/aromatic N) is 4. The maximum Gasteiger partial charge on any atom is 0.258 e. The molecule has 4 aromatic rings. The number of hydrogen-bond acceptors (Lipinski definition) is 5. The number of rotatable bonds is 4. The second-order valence-corrected chi connectivity index (χ2v) is 11.9. The lowest BCUT2D eigenvalue weighted by molar-refractivity contribution is 0.0973. The van der Waals surface area contributed by atoms with E-state index in [4.69, 9.17) is 5.41 Å². The molecule has 3 aliphatic heterocycles. The van der Waals surface area contributed by atoms with E-state index in [0.29, 0.717) is 34.6 Å². The summed E-state index contributed by atoms with van der Waals surface area (Å²) in [6.07, 6.45) is 5.65. The number of benzene rings is 2. The Balaban J connectivity index is 1.25. The maximum absolute atomic E-state index is 14.1. The van der Waals surface area contributed by atoms with E-state index in [1.807, 2.05) is 31.2 Å². The van der Waals surface area contributed by atoms with Gasteiger partial charge in [0.1, 0.15) is 11.3 Å². The number of aryl methyl sites for hydroxylation is 1. The van der Waals surface area contributed by atoms with Crippen LogP contribution in [0.25, 0.3) is 0 Å². The molecule has 3 unspecified atom stereocenters. The van der Waals surface area contributed by atoms with Crippen LogP contribution < -0.4 is 20.6 Å². The van der Waals surface area contributed by atoms with Gasteiger partial charge in [-0.05, 0) is 98.3 Å². The SMILES string of the molecule is CC1CCc2cc(F)ccc2N1C(=O)c1ccc(N2CC3CC(C2)c2cccc(=N)n2C3)c(NC(=O)c2cccnc2)c1. The normalized spacial score (nSPS) is 20.7. The molecule has 0 spiro atoms. The Morgan fingerprint density at radius 3 is 2.67 bits per heavy atom. The van der Waals surface area contributed by atoms with Gasteiger partial charge in [-0.3, -0.25) is 20.0 Å². The highest BCUT2D eigenvalue weighted by atomic mass is 19.1. The number of carbonyl (C=O) groups is 2. The molecule has 2 aromatic carbocycles. The average Bonchev–Trinajstić information content (AvgIpc) is 3.01. The number of anilines is 3. The zero-order chi connectivity index (χ0) is 29.7. The Labute approximate surface area is 249 Å². The number of hydrogen-bond donors (Lipinski definition) is 2. The average molecular weight is 577 g/mol. The predicted octanol–water partition coefficient (Wildman–Crippen LogP) is 5.36. The molecule has 7 rings (SSSR count). The molecule has 1 saturated heterocycles. The number of halogens is 1. The van der Waals surface area contributed by atoms with Gasteiger partial charge in [0.25, 0.3) is 11.8 Å². The van der Waals surface area contributed by atoms with Crippen molar-refractivity contribution in [2.75, 3.05) is 28.2 Å². The molecule has 2 N–H and O–H groups in total. The quantitative estimate of drug-likeness (QED) is 0.342. The molecule has 0 radical (unpaired) electrons. The first-order valence-corrected chi connectivity index (χ1v) is 14.8. The fourth-order valence-electron chi connectivity index (χ4n) is 7.03. The van der Waals surface area contributed by atoms with E-state index in [1.54, 1.807) is 35.4 Å². The van der Waals surface area contributed by atoms with E-state index < -0.39 is 0 Å². The van der Waals surface area contributed by atoms with Crippen LogP contribution in [-0.4, -0.2) is 40.5 Å². The van der Waals surface area contributed by atoms with Crippen LogP contribution in [0, 0.1) is 17.1 Å². The summed E-state index contributed by atoms with van der Waals surface area (Å²) in [5.41, 5.74) is 5.53. The van der Waals surface area contributed by atoms with Gasteiger partial charge in [-0.15, -0.1) is 0 Å². The first kappa shape index (κ1) is 27.1. The van der Waals surface area contributed by atoms with Crippen molar-refractivity contribution in [2.45, 2.75) is 44.7 Å². The van der Waals surface area contributed by atoms with Crippen molar-refractivity contribution in [3.05, 3.63) is 113 Å². The van der Waals surface area contributed by atoms with Gasteiger partial charge < -0.3 is 19.7 Å². The summed E-state index contributed by atoms with van der Waals surface area (Å²) < 4.78 is 16.1. The van der Waals surface area contributed by atoms with Crippen molar-refractivity contribution >= 4 is 28.9 Å². The lowest BCUT2D eigenvalue weighted by Gasteiger charge is -2.44. The molecule has 8 nitrogen and oxygen atoms in total. The summed E-state index contributed by atoms with van der Waals surface area (Å²) in [6.45, 7) is 4.31. The fraction of sp³-hybridized carbons (Fsp3) is 0.294. The summed E-state index contributed by atoms with van der Waals surface area (Å²) in [4.78, 5) is 35.5. The molecular formula is C34H33FN6O2. The summed E-state index contributed by atoms with van der Waals surface area (Å²) in [7, 11) is 0. The number of pyridine rings is 2. The van der Waals surface area contributed by atoms with Crippen molar-refractivity contribution in [3.63, 3.8) is 0 Å². The van der Waals surface area contributed by atoms with Crippen LogP contribution in [0.5, 0.6) is 0 Å². The molecule has 1 fully saturated rings. The number of piperidine rings is 1. The third kappa shape index (κ3) is 4.98. The third-order valence-corrected chi connectivity index (χ3v) is 9.07. The molecule has 2 amide bonds. The summed E-state index contributed by atoms with van der Waals surface area (Å²) >= 11 is 0. The smallest absolute Gasteiger partial charge is 0.258 e. The van der Waals surface area contributed by atoms with Crippen LogP contribution in [0.1, 0.15) is 57.7 Å². The van der Waals surface area contributed by atoms with Gasteiger partial charge in [-0.25, -0.2) is 4.39 Å². The van der Waals surface area contributed by atoms with E-state index in [2.05, 4.69) is 25.8 Å². The molecule has 0 aliphatic carbocycles. The van der Waals surface area contributed by atoms with Crippen LogP contribution in [0.4, 0.5) is 21.5 Å². The first-order chi connectivity index (χ1) is 20.9. The molecule has 218 valence electrons. The summed E-state index contributed by atoms with van der Waals surface area (Å²) in [5, 5.41) is 11.5. The first-order valence-electron chi connectivity index (χ1n) is 14.8. The molecule has 0 saturated carbocycles. The van der Waals surface area contributed by atoms with E-state index in [0.717, 1.165) is 55.1 Å². The van der Waals surface area contributed by atoms with E-state index in [1.165, 1.54) is 18.3 Å². The van der Waals surface area contributed by atoms with E-state index >= 15 is 0 Å². The van der Waals surface area contributed by atoms with Gasteiger partial charge in [0.15, 0.2) is 0 Å². The molecule has 3 aliphatic rings. The largest absolute Gasteiger partial charge is 0.369 e. The minimum absolute atomic E-state index is 0.0560. The van der Waals surface area contributed by atoms with Crippen LogP contribution in [-0.2, 0) is 13.0 Å². The molecule has 3 atom stereocenters. The second-order valence-electron chi connectivity index (χ2n) is 11.9. The molecule has 5 heterocycles. The molecule has 2 aromatic heterocycles. The Morgan fingerprint density at radius 2 is 1.84 bits per heavy atom. The predicted molar refractivity (Wildman–Crippen MR) is 163 cm³/mol. The highest BCUT2D eigenvalue weighted by Gasteiger charge is 2.36. The van der Waals surface area contributed by atoms with Gasteiger partial charge in [0, 0.05) is 60.9 Å². The number of aromatic nitrogens is 2. The van der Waals surface area contributed by atoms with E-state index in [9.17, 15) is 14.0 Å². The van der Waals surface area contributed by atoms with Crippen molar-refractivity contribution in [1.82, 2.24) is 9.55 Å². The third-order valence-electron chi connectivity index (χ3n) is 9.07. The van der Waals surface area contributed by atoms with Crippen molar-refractivity contribution < 1.29 is 14.0 Å². The topological polar surface area (TPSA) is 94.3 Å². The number of fused-ring (bicyclic) bond motifs is 5. The zero-order valence-electron chi connectivity index (χ0n) is 24.0.